The second kappa shape index (κ2) is 8.21. The zero-order chi connectivity index (χ0) is 14.3. The van der Waals surface area contributed by atoms with Crippen molar-refractivity contribution in [1.29, 1.82) is 0 Å². The molecule has 1 aromatic rings. The molecule has 1 aromatic carbocycles. The second-order valence-corrected chi connectivity index (χ2v) is 5.29. The molecule has 0 aromatic heterocycles. The van der Waals surface area contributed by atoms with Crippen LogP contribution in [0.25, 0.3) is 0 Å². The van der Waals surface area contributed by atoms with Gasteiger partial charge in [0.05, 0.1) is 0 Å². The maximum Gasteiger partial charge on any atom is 0.122 e. The fourth-order valence-corrected chi connectivity index (χ4v) is 2.44. The molecule has 0 heterocycles. The minimum absolute atomic E-state index is 0.250. The molecule has 2 nitrogen and oxygen atoms in total. The van der Waals surface area contributed by atoms with Crippen LogP contribution >= 0.6 is 0 Å². The first-order chi connectivity index (χ1) is 9.12. The number of benzene rings is 1. The molecule has 0 aliphatic carbocycles. The Balaban J connectivity index is 2.81. The van der Waals surface area contributed by atoms with Crippen molar-refractivity contribution in [2.24, 2.45) is 0 Å². The molecule has 2 unspecified atom stereocenters. The van der Waals surface area contributed by atoms with Crippen LogP contribution in [0.4, 0.5) is 0 Å². The molecule has 0 aliphatic heterocycles. The van der Waals surface area contributed by atoms with Gasteiger partial charge in [-0.15, -0.1) is 0 Å². The lowest BCUT2D eigenvalue weighted by atomic mass is 10.0. The first-order valence-electron chi connectivity index (χ1n) is 7.59. The van der Waals surface area contributed by atoms with Gasteiger partial charge in [-0.25, -0.2) is 0 Å². The van der Waals surface area contributed by atoms with E-state index in [0.29, 0.717) is 6.04 Å². The highest BCUT2D eigenvalue weighted by atomic mass is 16.5. The van der Waals surface area contributed by atoms with Gasteiger partial charge in [0, 0.05) is 6.04 Å². The molecule has 108 valence electrons. The number of rotatable bonds is 8. The van der Waals surface area contributed by atoms with Gasteiger partial charge in [-0.3, -0.25) is 0 Å². The molecule has 0 saturated heterocycles. The minimum Gasteiger partial charge on any atom is -0.489 e. The quantitative estimate of drug-likeness (QED) is 0.757. The van der Waals surface area contributed by atoms with Crippen molar-refractivity contribution in [3.63, 3.8) is 0 Å². The van der Waals surface area contributed by atoms with E-state index in [1.807, 2.05) is 0 Å². The summed E-state index contributed by atoms with van der Waals surface area (Å²) in [5, 5.41) is 3.56. The molecule has 0 fully saturated rings. The van der Waals surface area contributed by atoms with Crippen molar-refractivity contribution in [1.82, 2.24) is 5.32 Å². The molecular weight excluding hydrogens is 234 g/mol. The molecule has 0 radical (unpaired) electrons. The van der Waals surface area contributed by atoms with Gasteiger partial charge in [-0.05, 0) is 50.4 Å². The monoisotopic (exact) mass is 263 g/mol. The van der Waals surface area contributed by atoms with Gasteiger partial charge in [0.25, 0.3) is 0 Å². The molecule has 2 heteroatoms. The Kier molecular flexibility index (Phi) is 6.93. The lowest BCUT2D eigenvalue weighted by Crippen LogP contribution is -2.42. The number of aryl methyl sites for hydroxylation is 2. The summed E-state index contributed by atoms with van der Waals surface area (Å²) in [4.78, 5) is 0. The Morgan fingerprint density at radius 1 is 1.16 bits per heavy atom. The Hall–Kier alpha value is -1.02. The van der Waals surface area contributed by atoms with E-state index in [1.54, 1.807) is 0 Å². The van der Waals surface area contributed by atoms with E-state index < -0.39 is 0 Å². The van der Waals surface area contributed by atoms with Gasteiger partial charge in [0.15, 0.2) is 0 Å². The van der Waals surface area contributed by atoms with Crippen LogP contribution in [0, 0.1) is 13.8 Å². The topological polar surface area (TPSA) is 21.3 Å². The van der Waals surface area contributed by atoms with Gasteiger partial charge < -0.3 is 10.1 Å². The normalized spacial score (nSPS) is 14.2. The van der Waals surface area contributed by atoms with Crippen LogP contribution in [0.1, 0.15) is 51.2 Å². The van der Waals surface area contributed by atoms with Gasteiger partial charge in [-0.1, -0.05) is 39.3 Å². The lowest BCUT2D eigenvalue weighted by Gasteiger charge is -2.28. The van der Waals surface area contributed by atoms with Crippen molar-refractivity contribution < 1.29 is 4.74 Å². The van der Waals surface area contributed by atoms with E-state index >= 15 is 0 Å². The van der Waals surface area contributed by atoms with E-state index in [0.717, 1.165) is 25.1 Å². The fourth-order valence-electron chi connectivity index (χ4n) is 2.44. The van der Waals surface area contributed by atoms with Crippen LogP contribution < -0.4 is 10.1 Å². The third-order valence-corrected chi connectivity index (χ3v) is 3.54. The summed E-state index contributed by atoms with van der Waals surface area (Å²) in [7, 11) is 0. The number of ether oxygens (including phenoxy) is 1. The number of likely N-dealkylation sites (N-methyl/N-ethyl adjacent to an activating group) is 1. The van der Waals surface area contributed by atoms with Crippen LogP contribution in [0.2, 0.25) is 0 Å². The first-order valence-corrected chi connectivity index (χ1v) is 7.59. The standard InChI is InChI=1S/C17H29NO/c1-6-9-15(18-8-3)16(7-2)19-17-12-13(4)10-11-14(17)5/h10-12,15-16,18H,6-9H2,1-5H3. The van der Waals surface area contributed by atoms with Gasteiger partial charge in [-0.2, -0.15) is 0 Å². The van der Waals surface area contributed by atoms with E-state index in [-0.39, 0.29) is 6.10 Å². The van der Waals surface area contributed by atoms with Crippen molar-refractivity contribution >= 4 is 0 Å². The van der Waals surface area contributed by atoms with E-state index in [4.69, 9.17) is 4.74 Å². The molecule has 0 amide bonds. The summed E-state index contributed by atoms with van der Waals surface area (Å²) in [6.07, 6.45) is 3.63. The van der Waals surface area contributed by atoms with Crippen LogP contribution in [-0.4, -0.2) is 18.7 Å². The Labute approximate surface area is 118 Å². The van der Waals surface area contributed by atoms with Crippen molar-refractivity contribution in [3.8, 4) is 5.75 Å². The molecule has 0 bridgehead atoms. The average molecular weight is 263 g/mol. The summed E-state index contributed by atoms with van der Waals surface area (Å²) in [6, 6.07) is 6.86. The van der Waals surface area contributed by atoms with Crippen LogP contribution in [0.5, 0.6) is 5.75 Å². The van der Waals surface area contributed by atoms with Gasteiger partial charge >= 0.3 is 0 Å². The second-order valence-electron chi connectivity index (χ2n) is 5.29. The van der Waals surface area contributed by atoms with Crippen LogP contribution in [-0.2, 0) is 0 Å². The number of nitrogens with one attached hydrogen (secondary N) is 1. The van der Waals surface area contributed by atoms with Crippen LogP contribution in [0.15, 0.2) is 18.2 Å². The maximum atomic E-state index is 6.28. The van der Waals surface area contributed by atoms with Gasteiger partial charge in [0.1, 0.15) is 11.9 Å². The molecule has 0 saturated carbocycles. The summed E-state index contributed by atoms with van der Waals surface area (Å²) in [6.45, 7) is 11.8. The number of hydrogen-bond donors (Lipinski definition) is 1. The van der Waals surface area contributed by atoms with Crippen molar-refractivity contribution in [3.05, 3.63) is 29.3 Å². The predicted molar refractivity (Wildman–Crippen MR) is 83.0 cm³/mol. The first kappa shape index (κ1) is 16.0. The summed E-state index contributed by atoms with van der Waals surface area (Å²) in [5.41, 5.74) is 2.47. The highest BCUT2D eigenvalue weighted by Gasteiger charge is 2.20. The van der Waals surface area contributed by atoms with Crippen LogP contribution in [0.3, 0.4) is 0 Å². The lowest BCUT2D eigenvalue weighted by molar-refractivity contribution is 0.142. The Bertz CT molecular complexity index is 370. The minimum atomic E-state index is 0.250. The van der Waals surface area contributed by atoms with Crippen molar-refractivity contribution in [2.45, 2.75) is 66.0 Å². The highest BCUT2D eigenvalue weighted by Crippen LogP contribution is 2.23. The summed E-state index contributed by atoms with van der Waals surface area (Å²) < 4.78 is 6.28. The molecule has 1 rings (SSSR count). The molecule has 2 atom stereocenters. The third kappa shape index (κ3) is 4.87. The Morgan fingerprint density at radius 3 is 2.47 bits per heavy atom. The largest absolute Gasteiger partial charge is 0.489 e. The maximum absolute atomic E-state index is 6.28. The SMILES string of the molecule is CCCC(NCC)C(CC)Oc1cc(C)ccc1C. The van der Waals surface area contributed by atoms with Crippen molar-refractivity contribution in [2.75, 3.05) is 6.54 Å². The van der Waals surface area contributed by atoms with E-state index in [2.05, 4.69) is 58.1 Å². The highest BCUT2D eigenvalue weighted by molar-refractivity contribution is 5.36. The fraction of sp³-hybridized carbons (Fsp3) is 0.647. The average Bonchev–Trinajstić information content (AvgIpc) is 2.39. The molecule has 0 spiro atoms. The molecular formula is C17H29NO. The summed E-state index contributed by atoms with van der Waals surface area (Å²) >= 11 is 0. The number of hydrogen-bond acceptors (Lipinski definition) is 2. The molecule has 1 N–H and O–H groups in total. The van der Waals surface area contributed by atoms with E-state index in [1.165, 1.54) is 17.5 Å². The molecule has 0 aliphatic rings. The van der Waals surface area contributed by atoms with E-state index in [9.17, 15) is 0 Å². The molecule has 19 heavy (non-hydrogen) atoms. The summed E-state index contributed by atoms with van der Waals surface area (Å²) in [5.74, 6) is 1.03. The van der Waals surface area contributed by atoms with Gasteiger partial charge in [0.2, 0.25) is 0 Å². The smallest absolute Gasteiger partial charge is 0.122 e. The third-order valence-electron chi connectivity index (χ3n) is 3.54. The predicted octanol–water partition coefficient (Wildman–Crippen LogP) is 4.24. The Morgan fingerprint density at radius 2 is 1.89 bits per heavy atom. The zero-order valence-electron chi connectivity index (χ0n) is 13.1. The zero-order valence-corrected chi connectivity index (χ0v) is 13.1.